The molecule has 0 saturated carbocycles. The molecule has 5 nitrogen and oxygen atoms in total. The molecule has 0 atom stereocenters. The highest BCUT2D eigenvalue weighted by Gasteiger charge is 2.08. The van der Waals surface area contributed by atoms with E-state index in [0.29, 0.717) is 18.1 Å². The number of aromatic carboxylic acids is 1. The van der Waals surface area contributed by atoms with E-state index in [0.717, 1.165) is 11.4 Å². The highest BCUT2D eigenvalue weighted by molar-refractivity contribution is 5.89. The summed E-state index contributed by atoms with van der Waals surface area (Å²) in [4.78, 5) is 15.1. The molecule has 0 aliphatic carbocycles. The number of hydrogen-bond donors (Lipinski definition) is 2. The second kappa shape index (κ2) is 6.06. The van der Waals surface area contributed by atoms with E-state index in [-0.39, 0.29) is 5.56 Å². The Hall–Kier alpha value is -2.56. The maximum Gasteiger partial charge on any atom is 0.337 e. The van der Waals surface area contributed by atoms with Gasteiger partial charge in [0.05, 0.1) is 17.9 Å². The third-order valence-electron chi connectivity index (χ3n) is 2.75. The maximum atomic E-state index is 10.9. The van der Waals surface area contributed by atoms with Gasteiger partial charge in [-0.1, -0.05) is 0 Å². The predicted octanol–water partition coefficient (Wildman–Crippen LogP) is 3.23. The number of benzene rings is 1. The van der Waals surface area contributed by atoms with Crippen LogP contribution >= 0.6 is 0 Å². The van der Waals surface area contributed by atoms with E-state index >= 15 is 0 Å². The van der Waals surface area contributed by atoms with Crippen molar-refractivity contribution in [1.29, 1.82) is 0 Å². The highest BCUT2D eigenvalue weighted by atomic mass is 16.5. The Morgan fingerprint density at radius 2 is 1.95 bits per heavy atom. The molecule has 5 heteroatoms. The van der Waals surface area contributed by atoms with Gasteiger partial charge in [-0.05, 0) is 50.2 Å². The number of ether oxygens (including phenoxy) is 1. The minimum atomic E-state index is -0.970. The number of hydrogen-bond acceptors (Lipinski definition) is 4. The molecule has 0 bridgehead atoms. The number of carbonyl (C=O) groups is 1. The maximum absolute atomic E-state index is 10.9. The summed E-state index contributed by atoms with van der Waals surface area (Å²) in [6, 6.07) is 10.7. The Morgan fingerprint density at radius 1 is 1.25 bits per heavy atom. The van der Waals surface area contributed by atoms with Gasteiger partial charge in [0.15, 0.2) is 0 Å². The summed E-state index contributed by atoms with van der Waals surface area (Å²) in [5, 5.41) is 12.1. The third-order valence-corrected chi connectivity index (χ3v) is 2.75. The number of pyridine rings is 1. The first kappa shape index (κ1) is 13.9. The fourth-order valence-corrected chi connectivity index (χ4v) is 1.81. The molecule has 1 heterocycles. The first-order valence-corrected chi connectivity index (χ1v) is 6.31. The van der Waals surface area contributed by atoms with Gasteiger partial charge >= 0.3 is 5.97 Å². The zero-order chi connectivity index (χ0) is 14.5. The summed E-state index contributed by atoms with van der Waals surface area (Å²) in [6.07, 6.45) is 0. The minimum absolute atomic E-state index is 0.210. The molecule has 2 rings (SSSR count). The van der Waals surface area contributed by atoms with E-state index in [9.17, 15) is 4.79 Å². The molecule has 0 fully saturated rings. The topological polar surface area (TPSA) is 71.5 Å². The van der Waals surface area contributed by atoms with Crippen molar-refractivity contribution in [2.24, 2.45) is 0 Å². The highest BCUT2D eigenvalue weighted by Crippen LogP contribution is 2.20. The van der Waals surface area contributed by atoms with Crippen molar-refractivity contribution in [2.75, 3.05) is 11.9 Å². The fraction of sp³-hybridized carbons (Fsp3) is 0.200. The zero-order valence-corrected chi connectivity index (χ0v) is 11.4. The Bertz CT molecular complexity index is 609. The van der Waals surface area contributed by atoms with Crippen LogP contribution in [0.4, 0.5) is 11.5 Å². The number of anilines is 2. The molecule has 20 heavy (non-hydrogen) atoms. The minimum Gasteiger partial charge on any atom is -0.494 e. The monoisotopic (exact) mass is 272 g/mol. The third kappa shape index (κ3) is 3.26. The molecule has 0 unspecified atom stereocenters. The SMILES string of the molecule is CCOc1ccc(Nc2ccc(C(=O)O)c(C)n2)cc1. The molecule has 0 aliphatic heterocycles. The summed E-state index contributed by atoms with van der Waals surface area (Å²) in [5.74, 6) is 0.447. The summed E-state index contributed by atoms with van der Waals surface area (Å²) in [7, 11) is 0. The van der Waals surface area contributed by atoms with E-state index in [4.69, 9.17) is 9.84 Å². The van der Waals surface area contributed by atoms with Crippen molar-refractivity contribution >= 4 is 17.5 Å². The summed E-state index contributed by atoms with van der Waals surface area (Å²) >= 11 is 0. The zero-order valence-electron chi connectivity index (χ0n) is 11.4. The summed E-state index contributed by atoms with van der Waals surface area (Å²) in [6.45, 7) is 4.24. The van der Waals surface area contributed by atoms with Crippen LogP contribution in [-0.2, 0) is 0 Å². The number of carboxylic acid groups (broad SMARTS) is 1. The van der Waals surface area contributed by atoms with Gasteiger partial charge in [-0.2, -0.15) is 0 Å². The Morgan fingerprint density at radius 3 is 2.50 bits per heavy atom. The molecule has 104 valence electrons. The van der Waals surface area contributed by atoms with Crippen molar-refractivity contribution in [3.8, 4) is 5.75 Å². The number of carboxylic acids is 1. The Kier molecular flexibility index (Phi) is 4.20. The molecule has 2 aromatic rings. The van der Waals surface area contributed by atoms with Crippen LogP contribution in [0.5, 0.6) is 5.75 Å². The van der Waals surface area contributed by atoms with Gasteiger partial charge in [0, 0.05) is 5.69 Å². The molecule has 0 aliphatic rings. The van der Waals surface area contributed by atoms with Crippen molar-refractivity contribution in [3.05, 3.63) is 47.7 Å². The lowest BCUT2D eigenvalue weighted by atomic mass is 10.2. The first-order valence-electron chi connectivity index (χ1n) is 6.31. The van der Waals surface area contributed by atoms with Crippen LogP contribution in [-0.4, -0.2) is 22.7 Å². The summed E-state index contributed by atoms with van der Waals surface area (Å²) in [5.41, 5.74) is 1.55. The lowest BCUT2D eigenvalue weighted by molar-refractivity contribution is 0.0695. The molecule has 0 radical (unpaired) electrons. The lowest BCUT2D eigenvalue weighted by Crippen LogP contribution is -2.03. The van der Waals surface area contributed by atoms with Crippen molar-refractivity contribution in [3.63, 3.8) is 0 Å². The van der Waals surface area contributed by atoms with Crippen LogP contribution in [0.1, 0.15) is 23.0 Å². The van der Waals surface area contributed by atoms with E-state index in [2.05, 4.69) is 10.3 Å². The second-order valence-electron chi connectivity index (χ2n) is 4.22. The number of rotatable bonds is 5. The fourth-order valence-electron chi connectivity index (χ4n) is 1.81. The van der Waals surface area contributed by atoms with Crippen LogP contribution < -0.4 is 10.1 Å². The molecule has 1 aromatic heterocycles. The van der Waals surface area contributed by atoms with Crippen molar-refractivity contribution in [1.82, 2.24) is 4.98 Å². The van der Waals surface area contributed by atoms with Gasteiger partial charge < -0.3 is 15.2 Å². The Labute approximate surface area is 117 Å². The molecular weight excluding hydrogens is 256 g/mol. The molecule has 0 spiro atoms. The van der Waals surface area contributed by atoms with E-state index in [1.165, 1.54) is 0 Å². The van der Waals surface area contributed by atoms with Crippen molar-refractivity contribution in [2.45, 2.75) is 13.8 Å². The number of nitrogens with zero attached hydrogens (tertiary/aromatic N) is 1. The molecule has 2 N–H and O–H groups in total. The van der Waals surface area contributed by atoms with E-state index in [1.807, 2.05) is 31.2 Å². The van der Waals surface area contributed by atoms with Gasteiger partial charge in [-0.25, -0.2) is 9.78 Å². The normalized spacial score (nSPS) is 10.1. The van der Waals surface area contributed by atoms with E-state index < -0.39 is 5.97 Å². The van der Waals surface area contributed by atoms with Gasteiger partial charge in [-0.15, -0.1) is 0 Å². The van der Waals surface area contributed by atoms with Gasteiger partial charge in [0.25, 0.3) is 0 Å². The smallest absolute Gasteiger partial charge is 0.337 e. The first-order chi connectivity index (χ1) is 9.60. The molecule has 0 saturated heterocycles. The largest absolute Gasteiger partial charge is 0.494 e. The molecular formula is C15H16N2O3. The van der Waals surface area contributed by atoms with Crippen LogP contribution in [0, 0.1) is 6.92 Å². The molecule has 0 amide bonds. The number of aromatic nitrogens is 1. The van der Waals surface area contributed by atoms with Crippen LogP contribution in [0.3, 0.4) is 0 Å². The average molecular weight is 272 g/mol. The number of aryl methyl sites for hydroxylation is 1. The van der Waals surface area contributed by atoms with Crippen LogP contribution in [0.15, 0.2) is 36.4 Å². The van der Waals surface area contributed by atoms with Gasteiger partial charge in [-0.3, -0.25) is 0 Å². The predicted molar refractivity (Wildman–Crippen MR) is 76.8 cm³/mol. The summed E-state index contributed by atoms with van der Waals surface area (Å²) < 4.78 is 5.36. The average Bonchev–Trinajstić information content (AvgIpc) is 2.41. The van der Waals surface area contributed by atoms with Gasteiger partial charge in [0.1, 0.15) is 11.6 Å². The Balaban J connectivity index is 2.13. The van der Waals surface area contributed by atoms with Crippen molar-refractivity contribution < 1.29 is 14.6 Å². The van der Waals surface area contributed by atoms with Crippen LogP contribution in [0.2, 0.25) is 0 Å². The lowest BCUT2D eigenvalue weighted by Gasteiger charge is -2.09. The quantitative estimate of drug-likeness (QED) is 0.874. The van der Waals surface area contributed by atoms with Crippen LogP contribution in [0.25, 0.3) is 0 Å². The van der Waals surface area contributed by atoms with E-state index in [1.54, 1.807) is 19.1 Å². The standard InChI is InChI=1S/C15H16N2O3/c1-3-20-12-6-4-11(5-7-12)17-14-9-8-13(15(18)19)10(2)16-14/h4-9H,3H2,1-2H3,(H,16,17)(H,18,19). The van der Waals surface area contributed by atoms with Gasteiger partial charge in [0.2, 0.25) is 0 Å². The number of nitrogens with one attached hydrogen (secondary N) is 1. The molecule has 1 aromatic carbocycles. The second-order valence-corrected chi connectivity index (χ2v) is 4.22.